The standard InChI is InChI=1S/C52H89N7O11/c1-12-37(6)46(57(9)50(63)44(35(2)3)54-49(62)45(36(4)5)56(8)25-28-68-30-32-69-31-29-67-27-22-53)42(65-10)33-43(60)58-23-18-21-41(58)47(66-11)38(7)48(61)55-52(51(64)59-24-16-17-26-70-59)34-40(52)39-19-14-13-15-20-39/h13-15,19-20,35-38,40-42,44-47H,12,16-18,21-34,53H2,1-11H3,(H,54,62)(H,55,61)/t37?,38?,40-,41+,42?,44?,45?,46?,47?,52+/m1/s1. The number of methoxy groups -OCH3 is 2. The molecule has 1 aromatic carbocycles. The zero-order valence-electron chi connectivity index (χ0n) is 44.3. The predicted molar refractivity (Wildman–Crippen MR) is 267 cm³/mol. The third-order valence-electron chi connectivity index (χ3n) is 14.6. The largest absolute Gasteiger partial charge is 0.379 e. The average molecular weight is 988 g/mol. The second-order valence-electron chi connectivity index (χ2n) is 20.2. The number of ether oxygens (including phenoxy) is 5. The maximum Gasteiger partial charge on any atom is 0.272 e. The van der Waals surface area contributed by atoms with Gasteiger partial charge in [0.25, 0.3) is 5.91 Å². The van der Waals surface area contributed by atoms with Crippen LogP contribution in [-0.4, -0.2) is 192 Å². The average Bonchev–Trinajstić information content (AvgIpc) is 3.87. The summed E-state index contributed by atoms with van der Waals surface area (Å²) in [7, 11) is 6.73. The van der Waals surface area contributed by atoms with Gasteiger partial charge in [-0.25, -0.2) is 5.06 Å². The first-order valence-electron chi connectivity index (χ1n) is 25.9. The minimum atomic E-state index is -1.15. The fourth-order valence-electron chi connectivity index (χ4n) is 10.4. The van der Waals surface area contributed by atoms with Gasteiger partial charge in [-0.3, -0.25) is 33.7 Å². The van der Waals surface area contributed by atoms with Crippen LogP contribution in [-0.2, 0) is 52.5 Å². The lowest BCUT2D eigenvalue weighted by atomic mass is 9.89. The van der Waals surface area contributed by atoms with Gasteiger partial charge in [0.1, 0.15) is 11.6 Å². The molecule has 2 aliphatic heterocycles. The summed E-state index contributed by atoms with van der Waals surface area (Å²) >= 11 is 0. The van der Waals surface area contributed by atoms with Crippen LogP contribution in [0.3, 0.4) is 0 Å². The van der Waals surface area contributed by atoms with Crippen LogP contribution in [0.15, 0.2) is 30.3 Å². The molecule has 0 aromatic heterocycles. The fraction of sp³-hybridized carbons (Fsp3) is 0.788. The number of hydrogen-bond donors (Lipinski definition) is 3. The first-order valence-corrected chi connectivity index (χ1v) is 25.9. The topological polar surface area (TPSA) is 204 Å². The van der Waals surface area contributed by atoms with Gasteiger partial charge in [0.05, 0.1) is 88.9 Å². The van der Waals surface area contributed by atoms with Gasteiger partial charge in [0.15, 0.2) is 0 Å². The van der Waals surface area contributed by atoms with E-state index >= 15 is 0 Å². The number of nitrogens with one attached hydrogen (secondary N) is 2. The van der Waals surface area contributed by atoms with Crippen molar-refractivity contribution in [2.24, 2.45) is 29.4 Å². The summed E-state index contributed by atoms with van der Waals surface area (Å²) in [4.78, 5) is 83.0. The van der Waals surface area contributed by atoms with Crippen LogP contribution >= 0.6 is 0 Å². The van der Waals surface area contributed by atoms with Crippen LogP contribution in [0.4, 0.5) is 0 Å². The van der Waals surface area contributed by atoms with Crippen molar-refractivity contribution >= 4 is 29.5 Å². The summed E-state index contributed by atoms with van der Waals surface area (Å²) in [6, 6.07) is 7.46. The van der Waals surface area contributed by atoms with Crippen LogP contribution in [0.2, 0.25) is 0 Å². The number of carbonyl (C=O) groups excluding carboxylic acids is 5. The highest BCUT2D eigenvalue weighted by Crippen LogP contribution is 2.53. The van der Waals surface area contributed by atoms with Gasteiger partial charge in [0.2, 0.25) is 23.6 Å². The first kappa shape index (κ1) is 58.8. The molecule has 10 atom stereocenters. The molecule has 4 rings (SSSR count). The number of hydroxylamine groups is 2. The Balaban J connectivity index is 1.42. The summed E-state index contributed by atoms with van der Waals surface area (Å²) in [6.45, 7) is 18.7. The van der Waals surface area contributed by atoms with Gasteiger partial charge < -0.3 is 49.9 Å². The Bertz CT molecular complexity index is 1770. The quantitative estimate of drug-likeness (QED) is 0.0912. The van der Waals surface area contributed by atoms with Crippen LogP contribution in [0, 0.1) is 23.7 Å². The smallest absolute Gasteiger partial charge is 0.272 e. The van der Waals surface area contributed by atoms with Crippen LogP contribution < -0.4 is 16.4 Å². The third-order valence-corrected chi connectivity index (χ3v) is 14.6. The lowest BCUT2D eigenvalue weighted by Gasteiger charge is -2.41. The molecule has 4 N–H and O–H groups in total. The molecule has 398 valence electrons. The van der Waals surface area contributed by atoms with E-state index in [4.69, 9.17) is 34.3 Å². The van der Waals surface area contributed by atoms with E-state index in [0.29, 0.717) is 91.7 Å². The molecule has 18 nitrogen and oxygen atoms in total. The molecule has 3 fully saturated rings. The van der Waals surface area contributed by atoms with Gasteiger partial charge in [-0.15, -0.1) is 0 Å². The van der Waals surface area contributed by atoms with Crippen LogP contribution in [0.1, 0.15) is 105 Å². The van der Waals surface area contributed by atoms with E-state index in [0.717, 1.165) is 24.8 Å². The van der Waals surface area contributed by atoms with Crippen molar-refractivity contribution in [3.8, 4) is 0 Å². The maximum atomic E-state index is 14.6. The van der Waals surface area contributed by atoms with Gasteiger partial charge in [-0.05, 0) is 62.5 Å². The summed E-state index contributed by atoms with van der Waals surface area (Å²) in [6.07, 6.45) is 2.84. The van der Waals surface area contributed by atoms with Gasteiger partial charge in [-0.1, -0.05) is 85.2 Å². The number of hydrogen-bond acceptors (Lipinski definition) is 13. The molecule has 18 heteroatoms. The molecule has 1 aromatic rings. The van der Waals surface area contributed by atoms with E-state index < -0.39 is 47.8 Å². The molecular formula is C52H89N7O11. The molecule has 2 heterocycles. The van der Waals surface area contributed by atoms with E-state index in [1.165, 1.54) is 5.06 Å². The van der Waals surface area contributed by atoms with Gasteiger partial charge in [-0.2, -0.15) is 0 Å². The van der Waals surface area contributed by atoms with Crippen LogP contribution in [0.5, 0.6) is 0 Å². The predicted octanol–water partition coefficient (Wildman–Crippen LogP) is 3.61. The Morgan fingerprint density at radius 1 is 0.843 bits per heavy atom. The maximum absolute atomic E-state index is 14.6. The fourth-order valence-corrected chi connectivity index (χ4v) is 10.4. The Labute approximate surface area is 418 Å². The van der Waals surface area contributed by atoms with Crippen molar-refractivity contribution in [2.75, 3.05) is 101 Å². The molecule has 2 saturated heterocycles. The first-order chi connectivity index (χ1) is 33.5. The summed E-state index contributed by atoms with van der Waals surface area (Å²) in [5, 5.41) is 7.69. The van der Waals surface area contributed by atoms with Crippen molar-refractivity contribution in [1.82, 2.24) is 30.4 Å². The molecule has 70 heavy (non-hydrogen) atoms. The van der Waals surface area contributed by atoms with E-state index in [-0.39, 0.29) is 59.6 Å². The molecule has 0 bridgehead atoms. The lowest BCUT2D eigenvalue weighted by molar-refractivity contribution is -0.200. The Morgan fingerprint density at radius 3 is 2.07 bits per heavy atom. The number of rotatable bonds is 31. The number of benzene rings is 1. The molecular weight excluding hydrogens is 899 g/mol. The van der Waals surface area contributed by atoms with Crippen molar-refractivity contribution in [3.63, 3.8) is 0 Å². The number of amides is 5. The Morgan fingerprint density at radius 2 is 1.50 bits per heavy atom. The highest BCUT2D eigenvalue weighted by Gasteiger charge is 2.64. The lowest BCUT2D eigenvalue weighted by Crippen LogP contribution is -2.60. The summed E-state index contributed by atoms with van der Waals surface area (Å²) < 4.78 is 28.9. The van der Waals surface area contributed by atoms with E-state index in [2.05, 4.69) is 10.6 Å². The Kier molecular flexibility index (Phi) is 24.4. The summed E-state index contributed by atoms with van der Waals surface area (Å²) in [5.74, 6) is -2.55. The number of nitrogens with two attached hydrogens (primary N) is 1. The molecule has 5 amide bonds. The van der Waals surface area contributed by atoms with E-state index in [1.807, 2.05) is 83.8 Å². The second-order valence-corrected chi connectivity index (χ2v) is 20.2. The number of likely N-dealkylation sites (tertiary alicyclic amines) is 1. The van der Waals surface area contributed by atoms with Crippen molar-refractivity contribution in [2.45, 2.75) is 141 Å². The molecule has 3 aliphatic rings. The third kappa shape index (κ3) is 15.6. The minimum Gasteiger partial charge on any atom is -0.379 e. The Hall–Kier alpha value is -3.75. The molecule has 1 aliphatic carbocycles. The monoisotopic (exact) mass is 988 g/mol. The van der Waals surface area contributed by atoms with Gasteiger partial charge >= 0.3 is 0 Å². The number of likely N-dealkylation sites (N-methyl/N-ethyl adjacent to an activating group) is 2. The van der Waals surface area contributed by atoms with Gasteiger partial charge in [0, 0.05) is 53.4 Å². The molecule has 1 saturated carbocycles. The van der Waals surface area contributed by atoms with E-state index in [9.17, 15) is 24.0 Å². The zero-order valence-corrected chi connectivity index (χ0v) is 44.3. The second kappa shape index (κ2) is 29.1. The normalized spacial score (nSPS) is 22.3. The van der Waals surface area contributed by atoms with Crippen molar-refractivity contribution < 1.29 is 52.5 Å². The van der Waals surface area contributed by atoms with Crippen molar-refractivity contribution in [3.05, 3.63) is 35.9 Å². The van der Waals surface area contributed by atoms with Crippen LogP contribution in [0.25, 0.3) is 0 Å². The SMILES string of the molecule is CCC(C)C(C(CC(=O)N1CCC[C@H]1C(OC)C(C)C(=O)N[C@@]1(C(=O)N2CCCCO2)C[C@@H]1c1ccccc1)OC)N(C)C(=O)C(NC(=O)C(C(C)C)N(C)CCOCCOCCOCCN)C(C)C. The zero-order chi connectivity index (χ0) is 51.5. The minimum absolute atomic E-state index is 0.0147. The number of nitrogens with zero attached hydrogens (tertiary/aromatic N) is 4. The number of carbonyl (C=O) groups is 5. The molecule has 0 radical (unpaired) electrons. The molecule has 0 spiro atoms. The summed E-state index contributed by atoms with van der Waals surface area (Å²) in [5.41, 5.74) is 5.26. The van der Waals surface area contributed by atoms with Crippen molar-refractivity contribution in [1.29, 1.82) is 0 Å². The molecule has 7 unspecified atom stereocenters. The highest BCUT2D eigenvalue weighted by atomic mass is 16.7. The highest BCUT2D eigenvalue weighted by molar-refractivity contribution is 5.96. The van der Waals surface area contributed by atoms with E-state index in [1.54, 1.807) is 38.0 Å².